The maximum Gasteiger partial charge on any atom is 0.241 e. The Hall–Kier alpha value is -3.76. The number of sulfonamides is 1. The molecule has 7 rings (SSSR count). The van der Waals surface area contributed by atoms with Crippen molar-refractivity contribution in [1.29, 1.82) is 0 Å². The first-order valence-corrected chi connectivity index (χ1v) is 18.1. The molecule has 2 atom stereocenters. The van der Waals surface area contributed by atoms with Crippen LogP contribution in [0.15, 0.2) is 94.5 Å². The third-order valence-corrected chi connectivity index (χ3v) is 11.1. The molecule has 0 radical (unpaired) electrons. The van der Waals surface area contributed by atoms with Gasteiger partial charge < -0.3 is 10.1 Å². The zero-order valence-electron chi connectivity index (χ0n) is 25.1. The van der Waals surface area contributed by atoms with Crippen molar-refractivity contribution < 1.29 is 17.9 Å². The summed E-state index contributed by atoms with van der Waals surface area (Å²) in [4.78, 5) is 16.4. The maximum absolute atomic E-state index is 13.8. The molecule has 232 valence electrons. The molecule has 1 fully saturated rings. The molecule has 3 aliphatic heterocycles. The van der Waals surface area contributed by atoms with E-state index in [0.717, 1.165) is 58.4 Å². The molecule has 4 aliphatic rings. The number of hydrogen-bond acceptors (Lipinski definition) is 6. The van der Waals surface area contributed by atoms with Gasteiger partial charge in [-0.05, 0) is 94.0 Å². The van der Waals surface area contributed by atoms with Gasteiger partial charge in [0.2, 0.25) is 15.9 Å². The second-order valence-electron chi connectivity index (χ2n) is 12.1. The molecule has 7 nitrogen and oxygen atoms in total. The first-order chi connectivity index (χ1) is 21.9. The molecule has 0 bridgehead atoms. The number of carbonyl (C=O) groups is 1. The lowest BCUT2D eigenvalue weighted by atomic mass is 9.97. The standard InChI is InChI=1S/C36H37N3O4S2/c40-36(37-33-14-18-43-35-20-25(8-12-32(33)35)23-39-16-4-1-5-17-39)22-34(31-13-10-28-24-44-19-15-30(28)31)38-45(41,42)29-11-9-26-6-2-3-7-27(26)21-29/h2-3,6-13,15,19-21,24,33-34,38H,1,4-5,14,16-18,22-23H2,(H,37,40). The summed E-state index contributed by atoms with van der Waals surface area (Å²) in [6.07, 6.45) is 4.41. The minimum Gasteiger partial charge on any atom is -0.493 e. The van der Waals surface area contributed by atoms with Crippen LogP contribution in [0.4, 0.5) is 0 Å². The zero-order chi connectivity index (χ0) is 30.8. The normalized spacial score (nSPS) is 17.9. The van der Waals surface area contributed by atoms with Crippen LogP contribution in [0.1, 0.15) is 60.9 Å². The van der Waals surface area contributed by atoms with Gasteiger partial charge in [-0.15, -0.1) is 0 Å². The van der Waals surface area contributed by atoms with Gasteiger partial charge in [0.15, 0.2) is 0 Å². The Morgan fingerprint density at radius 2 is 1.80 bits per heavy atom. The molecule has 45 heavy (non-hydrogen) atoms. The lowest BCUT2D eigenvalue weighted by Gasteiger charge is -2.29. The van der Waals surface area contributed by atoms with E-state index in [0.29, 0.717) is 13.0 Å². The SMILES string of the molecule is O=C(CC(NS(=O)(=O)c1ccc2ccccc2c1)c1ccc2csccc1-2)NC1CCOc2cc(CN3CCCCC3)ccc21. The van der Waals surface area contributed by atoms with Crippen molar-refractivity contribution in [2.75, 3.05) is 19.7 Å². The molecule has 1 aliphatic carbocycles. The Bertz CT molecular complexity index is 1900. The number of rotatable bonds is 9. The van der Waals surface area contributed by atoms with Crippen molar-refractivity contribution >= 4 is 38.0 Å². The van der Waals surface area contributed by atoms with E-state index in [-0.39, 0.29) is 23.3 Å². The highest BCUT2D eigenvalue weighted by atomic mass is 32.2. The number of nitrogens with one attached hydrogen (secondary N) is 2. The van der Waals surface area contributed by atoms with Crippen molar-refractivity contribution in [3.8, 4) is 16.9 Å². The zero-order valence-corrected chi connectivity index (χ0v) is 26.7. The Kier molecular flexibility index (Phi) is 8.59. The van der Waals surface area contributed by atoms with E-state index < -0.39 is 16.1 Å². The predicted octanol–water partition coefficient (Wildman–Crippen LogP) is 7.04. The van der Waals surface area contributed by atoms with Gasteiger partial charge in [-0.2, -0.15) is 11.3 Å². The van der Waals surface area contributed by atoms with Crippen LogP contribution < -0.4 is 14.8 Å². The fraction of sp³-hybridized carbons (Fsp3) is 0.306. The third-order valence-electron chi connectivity index (χ3n) is 8.97. The van der Waals surface area contributed by atoms with Crippen LogP contribution in [0.2, 0.25) is 0 Å². The molecule has 0 aromatic heterocycles. The molecule has 2 unspecified atom stereocenters. The average Bonchev–Trinajstić information content (AvgIpc) is 3.49. The number of piperidine rings is 1. The highest BCUT2D eigenvalue weighted by molar-refractivity contribution is 7.89. The van der Waals surface area contributed by atoms with Crippen LogP contribution in [0.3, 0.4) is 0 Å². The summed E-state index contributed by atoms with van der Waals surface area (Å²) in [5.41, 5.74) is 4.92. The summed E-state index contributed by atoms with van der Waals surface area (Å²) >= 11 is 1.58. The predicted molar refractivity (Wildman–Crippen MR) is 179 cm³/mol. The summed E-state index contributed by atoms with van der Waals surface area (Å²) in [6, 6.07) is 24.0. The Labute approximate surface area is 268 Å². The van der Waals surface area contributed by atoms with Gasteiger partial charge in [0.25, 0.3) is 0 Å². The van der Waals surface area contributed by atoms with Crippen LogP contribution in [-0.2, 0) is 21.4 Å². The molecule has 3 aromatic rings. The van der Waals surface area contributed by atoms with Gasteiger partial charge in [-0.1, -0.05) is 61.0 Å². The highest BCUT2D eigenvalue weighted by Crippen LogP contribution is 2.37. The van der Waals surface area contributed by atoms with Gasteiger partial charge >= 0.3 is 0 Å². The van der Waals surface area contributed by atoms with Crippen molar-refractivity contribution in [3.63, 3.8) is 0 Å². The van der Waals surface area contributed by atoms with Gasteiger partial charge in [-0.3, -0.25) is 9.69 Å². The number of benzene rings is 3. The molecule has 1 amide bonds. The number of amides is 1. The van der Waals surface area contributed by atoms with E-state index in [9.17, 15) is 13.2 Å². The second kappa shape index (κ2) is 12.9. The lowest BCUT2D eigenvalue weighted by molar-refractivity contribution is -0.122. The van der Waals surface area contributed by atoms with Crippen LogP contribution in [0.5, 0.6) is 5.75 Å². The lowest BCUT2D eigenvalue weighted by Crippen LogP contribution is -2.36. The Balaban J connectivity index is 1.11. The van der Waals surface area contributed by atoms with Crippen LogP contribution in [0, 0.1) is 0 Å². The minimum absolute atomic E-state index is 0.0377. The van der Waals surface area contributed by atoms with Crippen LogP contribution in [-0.4, -0.2) is 38.9 Å². The molecule has 3 aromatic carbocycles. The smallest absolute Gasteiger partial charge is 0.241 e. The summed E-state index contributed by atoms with van der Waals surface area (Å²) in [5, 5.41) is 9.01. The number of fused-ring (bicyclic) bond motifs is 3. The molecular weight excluding hydrogens is 603 g/mol. The fourth-order valence-corrected chi connectivity index (χ4v) is 8.54. The van der Waals surface area contributed by atoms with Gasteiger partial charge in [0.05, 0.1) is 23.6 Å². The quantitative estimate of drug-likeness (QED) is 0.181. The maximum atomic E-state index is 13.8. The van der Waals surface area contributed by atoms with E-state index in [4.69, 9.17) is 4.74 Å². The number of ether oxygens (including phenoxy) is 1. The van der Waals surface area contributed by atoms with Crippen molar-refractivity contribution in [2.45, 2.75) is 55.6 Å². The average molecular weight is 640 g/mol. The molecule has 1 saturated heterocycles. The first kappa shape index (κ1) is 29.9. The Morgan fingerprint density at radius 1 is 0.956 bits per heavy atom. The summed E-state index contributed by atoms with van der Waals surface area (Å²) in [6.45, 7) is 3.67. The second-order valence-corrected chi connectivity index (χ2v) is 14.6. The van der Waals surface area contributed by atoms with E-state index in [2.05, 4.69) is 33.1 Å². The van der Waals surface area contributed by atoms with Gasteiger partial charge in [0, 0.05) is 24.9 Å². The summed E-state index contributed by atoms with van der Waals surface area (Å²) in [5.74, 6) is 0.599. The van der Waals surface area contributed by atoms with E-state index in [1.165, 1.54) is 24.8 Å². The number of carbonyl (C=O) groups excluding carboxylic acids is 1. The van der Waals surface area contributed by atoms with E-state index >= 15 is 0 Å². The molecule has 0 spiro atoms. The van der Waals surface area contributed by atoms with E-state index in [1.807, 2.05) is 59.3 Å². The molecule has 3 heterocycles. The topological polar surface area (TPSA) is 87.7 Å². The van der Waals surface area contributed by atoms with Crippen molar-refractivity contribution in [2.24, 2.45) is 0 Å². The van der Waals surface area contributed by atoms with E-state index in [1.54, 1.807) is 23.5 Å². The largest absolute Gasteiger partial charge is 0.493 e. The molecule has 0 saturated carbocycles. The molecule has 2 N–H and O–H groups in total. The summed E-state index contributed by atoms with van der Waals surface area (Å²) < 4.78 is 36.5. The Morgan fingerprint density at radius 3 is 2.67 bits per heavy atom. The highest BCUT2D eigenvalue weighted by Gasteiger charge is 2.29. The minimum atomic E-state index is -3.94. The third kappa shape index (κ3) is 6.63. The molecular formula is C36H37N3O4S2. The van der Waals surface area contributed by atoms with Gasteiger partial charge in [-0.25, -0.2) is 13.1 Å². The van der Waals surface area contributed by atoms with Crippen LogP contribution >= 0.6 is 11.3 Å². The van der Waals surface area contributed by atoms with Gasteiger partial charge in [0.1, 0.15) is 5.75 Å². The summed E-state index contributed by atoms with van der Waals surface area (Å²) in [7, 11) is -3.94. The monoisotopic (exact) mass is 639 g/mol. The van der Waals surface area contributed by atoms with Crippen LogP contribution in [0.25, 0.3) is 21.9 Å². The fourth-order valence-electron chi connectivity index (χ4n) is 6.65. The number of likely N-dealkylation sites (tertiary alicyclic amines) is 1. The first-order valence-electron chi connectivity index (χ1n) is 15.7. The van der Waals surface area contributed by atoms with Crippen molar-refractivity contribution in [1.82, 2.24) is 14.9 Å². The number of nitrogens with zero attached hydrogens (tertiary/aromatic N) is 1. The van der Waals surface area contributed by atoms with Crippen molar-refractivity contribution in [3.05, 3.63) is 106 Å². The molecule has 9 heteroatoms. The number of hydrogen-bond donors (Lipinski definition) is 2.